The Labute approximate surface area is 114 Å². The van der Waals surface area contributed by atoms with Gasteiger partial charge in [0.05, 0.1) is 6.42 Å². The highest BCUT2D eigenvalue weighted by atomic mass is 16.4. The summed E-state index contributed by atoms with van der Waals surface area (Å²) in [5, 5.41) is 9.03. The molecule has 1 aromatic carbocycles. The van der Waals surface area contributed by atoms with Gasteiger partial charge in [0.1, 0.15) is 0 Å². The molecule has 104 valence electrons. The van der Waals surface area contributed by atoms with Crippen molar-refractivity contribution in [1.29, 1.82) is 0 Å². The van der Waals surface area contributed by atoms with Gasteiger partial charge in [0.25, 0.3) is 0 Å². The standard InChI is InChI=1S/C15H22N2O2/c1-12-15(16,10-14(18)19)8-5-9-17(12)11-13-6-3-2-4-7-13/h2-4,6-7,12H,5,8-11,16H2,1H3,(H,18,19). The average molecular weight is 262 g/mol. The summed E-state index contributed by atoms with van der Waals surface area (Å²) in [6, 6.07) is 10.3. The van der Waals surface area contributed by atoms with Crippen molar-refractivity contribution in [2.75, 3.05) is 6.54 Å². The highest BCUT2D eigenvalue weighted by molar-refractivity contribution is 5.68. The van der Waals surface area contributed by atoms with E-state index in [1.807, 2.05) is 25.1 Å². The highest BCUT2D eigenvalue weighted by Gasteiger charge is 2.40. The first-order chi connectivity index (χ1) is 9.01. The zero-order valence-corrected chi connectivity index (χ0v) is 11.4. The summed E-state index contributed by atoms with van der Waals surface area (Å²) in [6.45, 7) is 3.86. The third-order valence-electron chi connectivity index (χ3n) is 4.18. The second-order valence-corrected chi connectivity index (χ2v) is 5.54. The molecule has 0 amide bonds. The minimum Gasteiger partial charge on any atom is -0.481 e. The third kappa shape index (κ3) is 3.33. The number of carboxylic acid groups (broad SMARTS) is 1. The lowest BCUT2D eigenvalue weighted by atomic mass is 9.80. The fourth-order valence-electron chi connectivity index (χ4n) is 2.93. The van der Waals surface area contributed by atoms with Crippen LogP contribution in [0.25, 0.3) is 0 Å². The van der Waals surface area contributed by atoms with Crippen LogP contribution in [-0.4, -0.2) is 34.1 Å². The Bertz CT molecular complexity index is 435. The Balaban J connectivity index is 2.07. The molecule has 1 saturated heterocycles. The van der Waals surface area contributed by atoms with Crippen molar-refractivity contribution >= 4 is 5.97 Å². The van der Waals surface area contributed by atoms with Crippen molar-refractivity contribution in [3.63, 3.8) is 0 Å². The predicted molar refractivity (Wildman–Crippen MR) is 74.7 cm³/mol. The van der Waals surface area contributed by atoms with Gasteiger partial charge >= 0.3 is 5.97 Å². The van der Waals surface area contributed by atoms with Gasteiger partial charge in [-0.15, -0.1) is 0 Å². The topological polar surface area (TPSA) is 66.6 Å². The first-order valence-electron chi connectivity index (χ1n) is 6.80. The van der Waals surface area contributed by atoms with Crippen LogP contribution >= 0.6 is 0 Å². The molecule has 0 aromatic heterocycles. The molecule has 0 bridgehead atoms. The zero-order valence-electron chi connectivity index (χ0n) is 11.4. The molecule has 1 aliphatic heterocycles. The molecule has 1 aromatic rings. The van der Waals surface area contributed by atoms with E-state index in [1.54, 1.807) is 0 Å². The molecule has 19 heavy (non-hydrogen) atoms. The van der Waals surface area contributed by atoms with Crippen LogP contribution < -0.4 is 5.73 Å². The zero-order chi connectivity index (χ0) is 13.9. The normalized spacial score (nSPS) is 28.2. The van der Waals surface area contributed by atoms with E-state index in [0.29, 0.717) is 0 Å². The Morgan fingerprint density at radius 2 is 2.16 bits per heavy atom. The molecule has 3 N–H and O–H groups in total. The molecule has 4 nitrogen and oxygen atoms in total. The lowest BCUT2D eigenvalue weighted by Crippen LogP contribution is -2.61. The van der Waals surface area contributed by atoms with E-state index in [0.717, 1.165) is 25.9 Å². The lowest BCUT2D eigenvalue weighted by Gasteiger charge is -2.46. The lowest BCUT2D eigenvalue weighted by molar-refractivity contribution is -0.139. The second-order valence-electron chi connectivity index (χ2n) is 5.54. The van der Waals surface area contributed by atoms with Crippen LogP contribution in [0.15, 0.2) is 30.3 Å². The molecule has 0 saturated carbocycles. The summed E-state index contributed by atoms with van der Waals surface area (Å²) in [7, 11) is 0. The number of hydrogen-bond acceptors (Lipinski definition) is 3. The van der Waals surface area contributed by atoms with Crippen molar-refractivity contribution < 1.29 is 9.90 Å². The largest absolute Gasteiger partial charge is 0.481 e. The summed E-state index contributed by atoms with van der Waals surface area (Å²) < 4.78 is 0. The van der Waals surface area contributed by atoms with E-state index in [4.69, 9.17) is 10.8 Å². The smallest absolute Gasteiger partial charge is 0.305 e. The molecule has 2 rings (SSSR count). The van der Waals surface area contributed by atoms with Crippen molar-refractivity contribution in [2.24, 2.45) is 5.73 Å². The molecule has 0 radical (unpaired) electrons. The highest BCUT2D eigenvalue weighted by Crippen LogP contribution is 2.29. The molecular formula is C15H22N2O2. The van der Waals surface area contributed by atoms with Crippen molar-refractivity contribution in [1.82, 2.24) is 4.90 Å². The van der Waals surface area contributed by atoms with Gasteiger partial charge in [0.2, 0.25) is 0 Å². The fraction of sp³-hybridized carbons (Fsp3) is 0.533. The summed E-state index contributed by atoms with van der Waals surface area (Å²) in [5.74, 6) is -0.809. The van der Waals surface area contributed by atoms with Crippen molar-refractivity contribution in [3.05, 3.63) is 35.9 Å². The number of hydrogen-bond donors (Lipinski definition) is 2. The summed E-state index contributed by atoms with van der Waals surface area (Å²) in [4.78, 5) is 13.3. The maximum absolute atomic E-state index is 11.0. The van der Waals surface area contributed by atoms with Gasteiger partial charge in [-0.1, -0.05) is 30.3 Å². The second kappa shape index (κ2) is 5.72. The quantitative estimate of drug-likeness (QED) is 0.869. The number of aliphatic carboxylic acids is 1. The molecule has 1 aliphatic rings. The van der Waals surface area contributed by atoms with Crippen LogP contribution in [0.1, 0.15) is 31.7 Å². The Morgan fingerprint density at radius 1 is 1.47 bits per heavy atom. The predicted octanol–water partition coefficient (Wildman–Crippen LogP) is 1.84. The number of nitrogens with two attached hydrogens (primary N) is 1. The average Bonchev–Trinajstić information content (AvgIpc) is 2.36. The van der Waals surface area contributed by atoms with E-state index in [2.05, 4.69) is 17.0 Å². The van der Waals surface area contributed by atoms with E-state index in [-0.39, 0.29) is 12.5 Å². The SMILES string of the molecule is CC1N(Cc2ccccc2)CCCC1(N)CC(=O)O. The number of carboxylic acids is 1. The van der Waals surface area contributed by atoms with Crippen LogP contribution in [0.5, 0.6) is 0 Å². The number of likely N-dealkylation sites (tertiary alicyclic amines) is 1. The number of carbonyl (C=O) groups is 1. The summed E-state index contributed by atoms with van der Waals surface area (Å²) in [6.07, 6.45) is 1.78. The van der Waals surface area contributed by atoms with Crippen LogP contribution in [0, 0.1) is 0 Å². The number of rotatable bonds is 4. The number of benzene rings is 1. The monoisotopic (exact) mass is 262 g/mol. The van der Waals surface area contributed by atoms with Gasteiger partial charge in [-0.05, 0) is 31.9 Å². The van der Waals surface area contributed by atoms with Crippen LogP contribution in [-0.2, 0) is 11.3 Å². The molecule has 0 spiro atoms. The minimum absolute atomic E-state index is 0.0411. The summed E-state index contributed by atoms with van der Waals surface area (Å²) in [5.41, 5.74) is 6.96. The van der Waals surface area contributed by atoms with Crippen LogP contribution in [0.4, 0.5) is 0 Å². The van der Waals surface area contributed by atoms with E-state index < -0.39 is 11.5 Å². The van der Waals surface area contributed by atoms with Crippen molar-refractivity contribution in [2.45, 2.75) is 44.3 Å². The molecule has 1 heterocycles. The van der Waals surface area contributed by atoms with E-state index >= 15 is 0 Å². The first kappa shape index (κ1) is 14.0. The van der Waals surface area contributed by atoms with Gasteiger partial charge in [-0.25, -0.2) is 0 Å². The molecule has 1 fully saturated rings. The molecule has 0 aliphatic carbocycles. The van der Waals surface area contributed by atoms with Crippen LogP contribution in [0.3, 0.4) is 0 Å². The molecule has 2 atom stereocenters. The third-order valence-corrected chi connectivity index (χ3v) is 4.18. The molecular weight excluding hydrogens is 240 g/mol. The maximum atomic E-state index is 11.0. The number of nitrogens with zero attached hydrogens (tertiary/aromatic N) is 1. The van der Waals surface area contributed by atoms with Crippen LogP contribution in [0.2, 0.25) is 0 Å². The fourth-order valence-corrected chi connectivity index (χ4v) is 2.93. The Hall–Kier alpha value is -1.39. The minimum atomic E-state index is -0.809. The Morgan fingerprint density at radius 3 is 2.79 bits per heavy atom. The maximum Gasteiger partial charge on any atom is 0.305 e. The van der Waals surface area contributed by atoms with E-state index in [9.17, 15) is 4.79 Å². The van der Waals surface area contributed by atoms with Gasteiger partial charge in [0.15, 0.2) is 0 Å². The molecule has 2 unspecified atom stereocenters. The van der Waals surface area contributed by atoms with Gasteiger partial charge in [-0.3, -0.25) is 9.69 Å². The summed E-state index contributed by atoms with van der Waals surface area (Å²) >= 11 is 0. The first-order valence-corrected chi connectivity index (χ1v) is 6.80. The van der Waals surface area contributed by atoms with E-state index in [1.165, 1.54) is 5.56 Å². The van der Waals surface area contributed by atoms with Crippen molar-refractivity contribution in [3.8, 4) is 0 Å². The number of piperidine rings is 1. The molecule has 4 heteroatoms. The Kier molecular flexibility index (Phi) is 4.22. The van der Waals surface area contributed by atoms with Gasteiger partial charge in [0, 0.05) is 18.1 Å². The van der Waals surface area contributed by atoms with Gasteiger partial charge < -0.3 is 10.8 Å². The van der Waals surface area contributed by atoms with Gasteiger partial charge in [-0.2, -0.15) is 0 Å².